The third kappa shape index (κ3) is 5.56. The molecule has 0 aromatic carbocycles. The van der Waals surface area contributed by atoms with Gasteiger partial charge in [-0.3, -0.25) is 10.5 Å². The van der Waals surface area contributed by atoms with Gasteiger partial charge in [0, 0.05) is 13.0 Å². The molecule has 0 spiro atoms. The second-order valence-electron chi connectivity index (χ2n) is 2.14. The molecular weight excluding hydrogens is 130 g/mol. The summed E-state index contributed by atoms with van der Waals surface area (Å²) in [4.78, 5) is 10.5. The topological polar surface area (TPSA) is 50.1 Å². The SMILES string of the molecule is COC(=O)CCCCC[NH]. The molecule has 0 amide bonds. The van der Waals surface area contributed by atoms with E-state index in [1.54, 1.807) is 0 Å². The molecule has 3 heteroatoms. The van der Waals surface area contributed by atoms with Crippen molar-refractivity contribution in [3.8, 4) is 0 Å². The van der Waals surface area contributed by atoms with Gasteiger partial charge in [0.25, 0.3) is 0 Å². The lowest BCUT2D eigenvalue weighted by atomic mass is 10.2. The largest absolute Gasteiger partial charge is 0.469 e. The van der Waals surface area contributed by atoms with Gasteiger partial charge in [0.05, 0.1) is 7.11 Å². The van der Waals surface area contributed by atoms with Crippen LogP contribution in [0.5, 0.6) is 0 Å². The van der Waals surface area contributed by atoms with E-state index < -0.39 is 0 Å². The van der Waals surface area contributed by atoms with Crippen molar-refractivity contribution in [2.24, 2.45) is 0 Å². The number of carbonyl (C=O) groups is 1. The third-order valence-electron chi connectivity index (χ3n) is 1.29. The first kappa shape index (κ1) is 9.43. The standard InChI is InChI=1S/C7H14NO2/c1-10-7(9)5-3-2-4-6-8/h8H,2-6H2,1H3. The van der Waals surface area contributed by atoms with E-state index in [4.69, 9.17) is 5.73 Å². The highest BCUT2D eigenvalue weighted by Gasteiger charge is 1.97. The van der Waals surface area contributed by atoms with Crippen LogP contribution in [0, 0.1) is 0 Å². The van der Waals surface area contributed by atoms with Gasteiger partial charge in [0.2, 0.25) is 0 Å². The maximum atomic E-state index is 10.5. The Balaban J connectivity index is 2.96. The zero-order chi connectivity index (χ0) is 7.82. The highest BCUT2D eigenvalue weighted by Crippen LogP contribution is 1.99. The van der Waals surface area contributed by atoms with Crippen molar-refractivity contribution in [1.82, 2.24) is 5.73 Å². The molecule has 0 aliphatic heterocycles. The molecule has 0 heterocycles. The summed E-state index contributed by atoms with van der Waals surface area (Å²) in [6.45, 7) is 0.459. The first-order valence-electron chi connectivity index (χ1n) is 3.52. The fraction of sp³-hybridized carbons (Fsp3) is 0.857. The molecule has 0 bridgehead atoms. The lowest BCUT2D eigenvalue weighted by molar-refractivity contribution is -0.140. The summed E-state index contributed by atoms with van der Waals surface area (Å²) in [5, 5.41) is 0. The molecule has 3 nitrogen and oxygen atoms in total. The number of methoxy groups -OCH3 is 1. The number of ether oxygens (including phenoxy) is 1. The lowest BCUT2D eigenvalue weighted by Gasteiger charge is -1.96. The zero-order valence-electron chi connectivity index (χ0n) is 6.35. The summed E-state index contributed by atoms with van der Waals surface area (Å²) in [7, 11) is 1.40. The van der Waals surface area contributed by atoms with Crippen LogP contribution in [0.25, 0.3) is 0 Å². The smallest absolute Gasteiger partial charge is 0.305 e. The fourth-order valence-electron chi connectivity index (χ4n) is 0.673. The Kier molecular flexibility index (Phi) is 6.18. The molecule has 0 aromatic rings. The molecule has 0 saturated heterocycles. The first-order valence-corrected chi connectivity index (χ1v) is 3.52. The van der Waals surface area contributed by atoms with Crippen LogP contribution in [-0.4, -0.2) is 19.6 Å². The average Bonchev–Trinajstić information content (AvgIpc) is 1.98. The van der Waals surface area contributed by atoms with E-state index in [9.17, 15) is 4.79 Å². The zero-order valence-corrected chi connectivity index (χ0v) is 6.35. The van der Waals surface area contributed by atoms with E-state index in [2.05, 4.69) is 4.74 Å². The molecular formula is C7H14NO2. The summed E-state index contributed by atoms with van der Waals surface area (Å²) in [5.74, 6) is -0.148. The van der Waals surface area contributed by atoms with Crippen molar-refractivity contribution in [2.45, 2.75) is 25.7 Å². The van der Waals surface area contributed by atoms with Gasteiger partial charge < -0.3 is 4.74 Å². The molecule has 0 unspecified atom stereocenters. The van der Waals surface area contributed by atoms with Crippen LogP contribution in [0.4, 0.5) is 0 Å². The highest BCUT2D eigenvalue weighted by atomic mass is 16.5. The van der Waals surface area contributed by atoms with Gasteiger partial charge in [-0.2, -0.15) is 0 Å². The van der Waals surface area contributed by atoms with E-state index in [0.717, 1.165) is 19.3 Å². The summed E-state index contributed by atoms with van der Waals surface area (Å²) in [6.07, 6.45) is 3.19. The van der Waals surface area contributed by atoms with Gasteiger partial charge in [-0.1, -0.05) is 6.42 Å². The first-order chi connectivity index (χ1) is 4.81. The van der Waals surface area contributed by atoms with E-state index in [1.807, 2.05) is 0 Å². The maximum Gasteiger partial charge on any atom is 0.305 e. The average molecular weight is 144 g/mol. The molecule has 0 aliphatic rings. The Morgan fingerprint density at radius 3 is 2.60 bits per heavy atom. The summed E-state index contributed by atoms with van der Waals surface area (Å²) in [6, 6.07) is 0. The van der Waals surface area contributed by atoms with Crippen molar-refractivity contribution >= 4 is 5.97 Å². The van der Waals surface area contributed by atoms with Crippen LogP contribution in [0.3, 0.4) is 0 Å². The predicted octanol–water partition coefficient (Wildman–Crippen LogP) is 1.00. The van der Waals surface area contributed by atoms with Gasteiger partial charge in [-0.05, 0) is 12.8 Å². The van der Waals surface area contributed by atoms with Gasteiger partial charge in [0.15, 0.2) is 0 Å². The van der Waals surface area contributed by atoms with E-state index >= 15 is 0 Å². The predicted molar refractivity (Wildman–Crippen MR) is 38.4 cm³/mol. The Labute approximate surface area is 61.5 Å². The second kappa shape index (κ2) is 6.55. The number of unbranched alkanes of at least 4 members (excludes halogenated alkanes) is 2. The van der Waals surface area contributed by atoms with Gasteiger partial charge in [-0.25, -0.2) is 0 Å². The molecule has 1 radical (unpaired) electrons. The summed E-state index contributed by atoms with van der Waals surface area (Å²) >= 11 is 0. The number of rotatable bonds is 5. The minimum Gasteiger partial charge on any atom is -0.469 e. The van der Waals surface area contributed by atoms with Crippen molar-refractivity contribution in [2.75, 3.05) is 13.7 Å². The maximum absolute atomic E-state index is 10.5. The quantitative estimate of drug-likeness (QED) is 0.427. The number of carbonyl (C=O) groups excluding carboxylic acids is 1. The van der Waals surface area contributed by atoms with Crippen molar-refractivity contribution in [1.29, 1.82) is 0 Å². The van der Waals surface area contributed by atoms with Gasteiger partial charge in [0.1, 0.15) is 0 Å². The Morgan fingerprint density at radius 1 is 1.40 bits per heavy atom. The highest BCUT2D eigenvalue weighted by molar-refractivity contribution is 5.68. The Bertz CT molecular complexity index is 93.6. The fourth-order valence-corrected chi connectivity index (χ4v) is 0.673. The molecule has 1 N–H and O–H groups in total. The molecule has 0 aromatic heterocycles. The van der Waals surface area contributed by atoms with Crippen molar-refractivity contribution in [3.63, 3.8) is 0 Å². The van der Waals surface area contributed by atoms with Crippen LogP contribution < -0.4 is 5.73 Å². The molecule has 59 valence electrons. The molecule has 0 saturated carbocycles. The number of hydrogen-bond donors (Lipinski definition) is 0. The molecule has 10 heavy (non-hydrogen) atoms. The number of hydrogen-bond acceptors (Lipinski definition) is 2. The third-order valence-corrected chi connectivity index (χ3v) is 1.29. The summed E-state index contributed by atoms with van der Waals surface area (Å²) < 4.78 is 4.44. The van der Waals surface area contributed by atoms with Gasteiger partial charge >= 0.3 is 5.97 Å². The molecule has 0 aliphatic carbocycles. The summed E-state index contributed by atoms with van der Waals surface area (Å²) in [5.41, 5.74) is 6.82. The second-order valence-corrected chi connectivity index (χ2v) is 2.14. The van der Waals surface area contributed by atoms with E-state index in [1.165, 1.54) is 7.11 Å². The van der Waals surface area contributed by atoms with E-state index in [-0.39, 0.29) is 5.97 Å². The number of nitrogens with one attached hydrogen (secondary N) is 1. The minimum atomic E-state index is -0.148. The number of esters is 1. The normalized spacial score (nSPS) is 9.40. The Hall–Kier alpha value is -0.570. The molecule has 0 rings (SSSR count). The Morgan fingerprint density at radius 2 is 2.10 bits per heavy atom. The van der Waals surface area contributed by atoms with Crippen LogP contribution >= 0.6 is 0 Å². The minimum absolute atomic E-state index is 0.148. The van der Waals surface area contributed by atoms with Crippen molar-refractivity contribution < 1.29 is 9.53 Å². The van der Waals surface area contributed by atoms with Crippen molar-refractivity contribution in [3.05, 3.63) is 0 Å². The van der Waals surface area contributed by atoms with Crippen LogP contribution in [0.15, 0.2) is 0 Å². The molecule has 0 atom stereocenters. The van der Waals surface area contributed by atoms with Gasteiger partial charge in [-0.15, -0.1) is 0 Å². The molecule has 0 fully saturated rings. The van der Waals surface area contributed by atoms with Crippen LogP contribution in [-0.2, 0) is 9.53 Å². The van der Waals surface area contributed by atoms with E-state index in [0.29, 0.717) is 13.0 Å². The van der Waals surface area contributed by atoms with Crippen LogP contribution in [0.2, 0.25) is 0 Å². The lowest BCUT2D eigenvalue weighted by Crippen LogP contribution is -1.99. The monoisotopic (exact) mass is 144 g/mol. The van der Waals surface area contributed by atoms with Crippen LogP contribution in [0.1, 0.15) is 25.7 Å².